The quantitative estimate of drug-likeness (QED) is 0.460. The molecule has 1 aliphatic heterocycles. The van der Waals surface area contributed by atoms with Crippen molar-refractivity contribution in [1.82, 2.24) is 0 Å². The van der Waals surface area contributed by atoms with E-state index in [1.165, 1.54) is 0 Å². The van der Waals surface area contributed by atoms with Crippen LogP contribution in [-0.4, -0.2) is 18.5 Å². The molecule has 0 fully saturated rings. The first-order valence-corrected chi connectivity index (χ1v) is 5.66. The van der Waals surface area contributed by atoms with Crippen molar-refractivity contribution in [1.29, 1.82) is 0 Å². The minimum atomic E-state index is -0.888. The molecule has 0 aromatic heterocycles. The number of ether oxygens (including phenoxy) is 2. The normalized spacial score (nSPS) is 18.2. The molecule has 0 saturated carbocycles. The van der Waals surface area contributed by atoms with Gasteiger partial charge >= 0.3 is 11.9 Å². The molecule has 90 valence electrons. The zero-order valence-corrected chi connectivity index (χ0v) is 9.99. The monoisotopic (exact) mass is 254 g/mol. The topological polar surface area (TPSA) is 52.6 Å². The largest absolute Gasteiger partial charge is 0.465 e. The van der Waals surface area contributed by atoms with Gasteiger partial charge in [0.05, 0.1) is 6.61 Å². The van der Waals surface area contributed by atoms with Gasteiger partial charge in [0.2, 0.25) is 0 Å². The van der Waals surface area contributed by atoms with Crippen molar-refractivity contribution in [2.24, 2.45) is 5.92 Å². The molecule has 1 aromatic carbocycles. The third-order valence-electron chi connectivity index (χ3n) is 2.51. The second kappa shape index (κ2) is 4.75. The van der Waals surface area contributed by atoms with Gasteiger partial charge in [0.15, 0.2) is 5.92 Å². The van der Waals surface area contributed by atoms with Crippen LogP contribution in [0.4, 0.5) is 0 Å². The Morgan fingerprint density at radius 1 is 1.59 bits per heavy atom. The van der Waals surface area contributed by atoms with Crippen molar-refractivity contribution in [2.75, 3.05) is 6.61 Å². The van der Waals surface area contributed by atoms with Gasteiger partial charge in [0, 0.05) is 11.4 Å². The molecule has 0 aliphatic carbocycles. The summed E-state index contributed by atoms with van der Waals surface area (Å²) in [6.07, 6.45) is 0.271. The van der Waals surface area contributed by atoms with E-state index in [-0.39, 0.29) is 13.0 Å². The molecule has 17 heavy (non-hydrogen) atoms. The van der Waals surface area contributed by atoms with Gasteiger partial charge in [-0.2, -0.15) is 0 Å². The molecule has 0 bridgehead atoms. The second-order valence-corrected chi connectivity index (χ2v) is 4.12. The summed E-state index contributed by atoms with van der Waals surface area (Å²) in [5, 5.41) is 0.546. The fourth-order valence-electron chi connectivity index (χ4n) is 1.71. The number of hydrogen-bond donors (Lipinski definition) is 0. The fraction of sp³-hybridized carbons (Fsp3) is 0.333. The van der Waals surface area contributed by atoms with Crippen LogP contribution in [0.5, 0.6) is 5.75 Å². The summed E-state index contributed by atoms with van der Waals surface area (Å²) in [6, 6.07) is 4.95. The van der Waals surface area contributed by atoms with E-state index in [0.29, 0.717) is 10.8 Å². The summed E-state index contributed by atoms with van der Waals surface area (Å²) in [4.78, 5) is 23.1. The van der Waals surface area contributed by atoms with Crippen LogP contribution in [0.15, 0.2) is 18.2 Å². The molecule has 1 atom stereocenters. The number of esters is 2. The van der Waals surface area contributed by atoms with Crippen LogP contribution >= 0.6 is 11.6 Å². The van der Waals surface area contributed by atoms with E-state index >= 15 is 0 Å². The minimum Gasteiger partial charge on any atom is -0.465 e. The molecule has 4 nitrogen and oxygen atoms in total. The lowest BCUT2D eigenvalue weighted by molar-refractivity contribution is -0.157. The number of rotatable bonds is 2. The molecular weight excluding hydrogens is 244 g/mol. The molecular formula is C12H11ClO4. The maximum Gasteiger partial charge on any atom is 0.326 e. The average molecular weight is 255 g/mol. The fourth-order valence-corrected chi connectivity index (χ4v) is 1.91. The maximum atomic E-state index is 11.6. The SMILES string of the molecule is CCOC(=O)C1Cc2cc(Cl)ccc2OC1=O. The summed E-state index contributed by atoms with van der Waals surface area (Å²) in [6.45, 7) is 1.93. The standard InChI is InChI=1S/C12H11ClO4/c1-2-16-11(14)9-6-7-5-8(13)3-4-10(7)17-12(9)15/h3-5,9H,2,6H2,1H3. The number of carbonyl (C=O) groups is 2. The number of hydrogen-bond acceptors (Lipinski definition) is 4. The summed E-state index contributed by atoms with van der Waals surface area (Å²) in [7, 11) is 0. The van der Waals surface area contributed by atoms with Crippen LogP contribution in [0.1, 0.15) is 12.5 Å². The van der Waals surface area contributed by atoms with Crippen LogP contribution in [0.2, 0.25) is 5.02 Å². The van der Waals surface area contributed by atoms with Crippen molar-refractivity contribution >= 4 is 23.5 Å². The zero-order chi connectivity index (χ0) is 12.4. The van der Waals surface area contributed by atoms with Gasteiger partial charge in [-0.25, -0.2) is 0 Å². The predicted molar refractivity (Wildman–Crippen MR) is 60.9 cm³/mol. The van der Waals surface area contributed by atoms with Gasteiger partial charge in [-0.3, -0.25) is 9.59 Å². The minimum absolute atomic E-state index is 0.241. The van der Waals surface area contributed by atoms with Crippen molar-refractivity contribution in [3.05, 3.63) is 28.8 Å². The van der Waals surface area contributed by atoms with Gasteiger partial charge in [-0.1, -0.05) is 11.6 Å². The summed E-state index contributed by atoms with van der Waals surface area (Å²) < 4.78 is 9.89. The van der Waals surface area contributed by atoms with Crippen LogP contribution in [0, 0.1) is 5.92 Å². The average Bonchev–Trinajstić information content (AvgIpc) is 2.29. The van der Waals surface area contributed by atoms with Gasteiger partial charge in [0.1, 0.15) is 5.75 Å². The highest BCUT2D eigenvalue weighted by atomic mass is 35.5. The Kier molecular flexibility index (Phi) is 3.33. The predicted octanol–water partition coefficient (Wildman–Crippen LogP) is 1.98. The van der Waals surface area contributed by atoms with E-state index in [0.717, 1.165) is 5.56 Å². The molecule has 0 radical (unpaired) electrons. The van der Waals surface area contributed by atoms with Crippen molar-refractivity contribution in [2.45, 2.75) is 13.3 Å². The smallest absolute Gasteiger partial charge is 0.326 e. The van der Waals surface area contributed by atoms with Crippen LogP contribution < -0.4 is 4.74 Å². The lowest BCUT2D eigenvalue weighted by Gasteiger charge is -2.21. The van der Waals surface area contributed by atoms with E-state index in [1.54, 1.807) is 25.1 Å². The molecule has 0 saturated heterocycles. The Morgan fingerprint density at radius 2 is 2.35 bits per heavy atom. The highest BCUT2D eigenvalue weighted by Crippen LogP contribution is 2.30. The Hall–Kier alpha value is -1.55. The Morgan fingerprint density at radius 3 is 3.06 bits per heavy atom. The van der Waals surface area contributed by atoms with Gasteiger partial charge in [0.25, 0.3) is 0 Å². The Bertz CT molecular complexity index is 470. The number of fused-ring (bicyclic) bond motifs is 1. The Balaban J connectivity index is 2.25. The third kappa shape index (κ3) is 2.42. The van der Waals surface area contributed by atoms with E-state index in [4.69, 9.17) is 21.1 Å². The van der Waals surface area contributed by atoms with Gasteiger partial charge in [-0.15, -0.1) is 0 Å². The molecule has 1 heterocycles. The first-order valence-electron chi connectivity index (χ1n) is 5.28. The van der Waals surface area contributed by atoms with E-state index in [9.17, 15) is 9.59 Å². The van der Waals surface area contributed by atoms with Crippen molar-refractivity contribution < 1.29 is 19.1 Å². The van der Waals surface area contributed by atoms with Crippen LogP contribution in [0.3, 0.4) is 0 Å². The van der Waals surface area contributed by atoms with E-state index in [1.807, 2.05) is 0 Å². The van der Waals surface area contributed by atoms with Gasteiger partial charge in [-0.05, 0) is 30.7 Å². The maximum absolute atomic E-state index is 11.6. The highest BCUT2D eigenvalue weighted by molar-refractivity contribution is 6.30. The van der Waals surface area contributed by atoms with Crippen molar-refractivity contribution in [3.8, 4) is 5.75 Å². The number of carbonyl (C=O) groups excluding carboxylic acids is 2. The first-order chi connectivity index (χ1) is 8.11. The summed E-state index contributed by atoms with van der Waals surface area (Å²) in [5.74, 6) is -1.55. The highest BCUT2D eigenvalue weighted by Gasteiger charge is 2.35. The zero-order valence-electron chi connectivity index (χ0n) is 9.23. The molecule has 1 aliphatic rings. The number of halogens is 1. The lowest BCUT2D eigenvalue weighted by atomic mass is 9.96. The summed E-state index contributed by atoms with van der Waals surface area (Å²) >= 11 is 5.84. The lowest BCUT2D eigenvalue weighted by Crippen LogP contribution is -2.35. The summed E-state index contributed by atoms with van der Waals surface area (Å²) in [5.41, 5.74) is 0.746. The molecule has 0 N–H and O–H groups in total. The third-order valence-corrected chi connectivity index (χ3v) is 2.75. The van der Waals surface area contributed by atoms with Gasteiger partial charge < -0.3 is 9.47 Å². The van der Waals surface area contributed by atoms with Crippen molar-refractivity contribution in [3.63, 3.8) is 0 Å². The molecule has 2 rings (SSSR count). The molecule has 0 spiro atoms. The first kappa shape index (κ1) is 11.9. The number of benzene rings is 1. The molecule has 5 heteroatoms. The Labute approximate surface area is 103 Å². The van der Waals surface area contributed by atoms with Crippen LogP contribution in [0.25, 0.3) is 0 Å². The molecule has 0 amide bonds. The molecule has 1 unspecified atom stereocenters. The van der Waals surface area contributed by atoms with Crippen LogP contribution in [-0.2, 0) is 20.7 Å². The second-order valence-electron chi connectivity index (χ2n) is 3.68. The van der Waals surface area contributed by atoms with E-state index < -0.39 is 17.9 Å². The molecule has 1 aromatic rings. The van der Waals surface area contributed by atoms with E-state index in [2.05, 4.69) is 0 Å².